The van der Waals surface area contributed by atoms with E-state index in [1.807, 2.05) is 0 Å². The van der Waals surface area contributed by atoms with Gasteiger partial charge in [0.05, 0.1) is 24.4 Å². The van der Waals surface area contributed by atoms with Gasteiger partial charge in [0.1, 0.15) is 16.4 Å². The van der Waals surface area contributed by atoms with Crippen LogP contribution in [0.25, 0.3) is 0 Å². The molecule has 0 unspecified atom stereocenters. The number of fused-ring (bicyclic) bond motifs is 2. The van der Waals surface area contributed by atoms with E-state index in [2.05, 4.69) is 15.7 Å². The number of nitrogens with one attached hydrogen (secondary N) is 2. The predicted molar refractivity (Wildman–Crippen MR) is 125 cm³/mol. The lowest BCUT2D eigenvalue weighted by molar-refractivity contribution is -0.173. The standard InChI is InChI=1S/C24H23F3N4O3S/c1-2-34-23(33)19-14-9-6-10-17(14)35-22(19)30-21(32)15-12-28-31-18(24(25,26)27)11-16(29-20(15)31)13-7-4-3-5-8-13/h3-5,7-8,12,16,18,29H,2,6,9-11H2,1H3,(H,30,32)/t16-,18-/m0/s1. The molecule has 3 heterocycles. The zero-order chi connectivity index (χ0) is 24.7. The summed E-state index contributed by atoms with van der Waals surface area (Å²) >= 11 is 1.31. The lowest BCUT2D eigenvalue weighted by Crippen LogP contribution is -2.36. The number of ether oxygens (including phenoxy) is 1. The fourth-order valence-electron chi connectivity index (χ4n) is 4.71. The maximum Gasteiger partial charge on any atom is 0.410 e. The van der Waals surface area contributed by atoms with Crippen molar-refractivity contribution >= 4 is 34.0 Å². The molecule has 7 nitrogen and oxygen atoms in total. The molecular weight excluding hydrogens is 481 g/mol. The number of nitrogens with zero attached hydrogens (tertiary/aromatic N) is 2. The average molecular weight is 505 g/mol. The number of aryl methyl sites for hydroxylation is 1. The molecule has 0 saturated heterocycles. The molecule has 0 bridgehead atoms. The van der Waals surface area contributed by atoms with Crippen molar-refractivity contribution in [2.24, 2.45) is 0 Å². The van der Waals surface area contributed by atoms with Crippen molar-refractivity contribution in [2.75, 3.05) is 17.2 Å². The zero-order valence-electron chi connectivity index (χ0n) is 18.8. The van der Waals surface area contributed by atoms with Crippen LogP contribution in [0.5, 0.6) is 0 Å². The van der Waals surface area contributed by atoms with Gasteiger partial charge in [-0.15, -0.1) is 11.3 Å². The van der Waals surface area contributed by atoms with E-state index >= 15 is 0 Å². The molecule has 11 heteroatoms. The van der Waals surface area contributed by atoms with Crippen LogP contribution in [0.3, 0.4) is 0 Å². The Bertz CT molecular complexity index is 1270. The zero-order valence-corrected chi connectivity index (χ0v) is 19.6. The predicted octanol–water partition coefficient (Wildman–Crippen LogP) is 5.52. The van der Waals surface area contributed by atoms with Gasteiger partial charge in [0, 0.05) is 11.3 Å². The smallest absolute Gasteiger partial charge is 0.410 e. The number of thiophene rings is 1. The van der Waals surface area contributed by atoms with Gasteiger partial charge in [-0.25, -0.2) is 9.48 Å². The Hall–Kier alpha value is -3.34. The molecule has 5 rings (SSSR count). The number of halogens is 3. The summed E-state index contributed by atoms with van der Waals surface area (Å²) in [4.78, 5) is 26.9. The number of hydrogen-bond acceptors (Lipinski definition) is 6. The summed E-state index contributed by atoms with van der Waals surface area (Å²) in [5, 5.41) is 10.1. The maximum atomic E-state index is 13.9. The minimum Gasteiger partial charge on any atom is -0.462 e. The topological polar surface area (TPSA) is 85.2 Å². The van der Waals surface area contributed by atoms with Gasteiger partial charge < -0.3 is 15.4 Å². The highest BCUT2D eigenvalue weighted by Gasteiger charge is 2.47. The molecule has 0 radical (unpaired) electrons. The van der Waals surface area contributed by atoms with Gasteiger partial charge in [-0.2, -0.15) is 18.3 Å². The van der Waals surface area contributed by atoms with E-state index in [0.29, 0.717) is 22.5 Å². The van der Waals surface area contributed by atoms with Crippen molar-refractivity contribution < 1.29 is 27.5 Å². The van der Waals surface area contributed by atoms with E-state index < -0.39 is 30.1 Å². The summed E-state index contributed by atoms with van der Waals surface area (Å²) in [6.45, 7) is 1.89. The van der Waals surface area contributed by atoms with Crippen molar-refractivity contribution in [3.63, 3.8) is 0 Å². The molecule has 2 aromatic heterocycles. The van der Waals surface area contributed by atoms with Gasteiger partial charge in [0.2, 0.25) is 0 Å². The largest absolute Gasteiger partial charge is 0.462 e. The number of anilines is 2. The first-order chi connectivity index (χ1) is 16.8. The number of esters is 1. The SMILES string of the molecule is CCOC(=O)c1c(NC(=O)c2cnn3c2N[C@H](c2ccccc2)C[C@H]3C(F)(F)F)sc2c1CCC2. The fourth-order valence-corrected chi connectivity index (χ4v) is 5.99. The molecule has 0 saturated carbocycles. The molecule has 1 aliphatic heterocycles. The Labute approximate surface area is 203 Å². The highest BCUT2D eigenvalue weighted by atomic mass is 32.1. The summed E-state index contributed by atoms with van der Waals surface area (Å²) in [5.74, 6) is -1.16. The van der Waals surface area contributed by atoms with E-state index in [9.17, 15) is 22.8 Å². The number of rotatable bonds is 5. The van der Waals surface area contributed by atoms with Crippen molar-refractivity contribution in [3.05, 3.63) is 63.7 Å². The van der Waals surface area contributed by atoms with Crippen molar-refractivity contribution in [2.45, 2.75) is 50.9 Å². The third-order valence-corrected chi connectivity index (χ3v) is 7.52. The lowest BCUT2D eigenvalue weighted by atomic mass is 9.96. The van der Waals surface area contributed by atoms with Crippen LogP contribution >= 0.6 is 11.3 Å². The van der Waals surface area contributed by atoms with Crippen molar-refractivity contribution in [3.8, 4) is 0 Å². The summed E-state index contributed by atoms with van der Waals surface area (Å²) in [6, 6.07) is 6.25. The second-order valence-corrected chi connectivity index (χ2v) is 9.59. The monoisotopic (exact) mass is 504 g/mol. The Balaban J connectivity index is 1.49. The number of aromatic nitrogens is 2. The lowest BCUT2D eigenvalue weighted by Gasteiger charge is -2.34. The van der Waals surface area contributed by atoms with Crippen LogP contribution in [0, 0.1) is 0 Å². The molecule has 3 aromatic rings. The summed E-state index contributed by atoms with van der Waals surface area (Å²) in [5.41, 5.74) is 1.87. The second kappa shape index (κ2) is 9.03. The van der Waals surface area contributed by atoms with E-state index in [4.69, 9.17) is 4.74 Å². The molecule has 1 aliphatic carbocycles. The Morgan fingerprint density at radius 1 is 1.26 bits per heavy atom. The van der Waals surface area contributed by atoms with Crippen LogP contribution in [0.15, 0.2) is 36.5 Å². The van der Waals surface area contributed by atoms with E-state index in [1.165, 1.54) is 11.3 Å². The number of benzene rings is 1. The van der Waals surface area contributed by atoms with Crippen molar-refractivity contribution in [1.82, 2.24) is 9.78 Å². The van der Waals surface area contributed by atoms with Crippen LogP contribution in [-0.2, 0) is 17.6 Å². The Morgan fingerprint density at radius 2 is 2.03 bits per heavy atom. The number of hydrogen-bond donors (Lipinski definition) is 2. The van der Waals surface area contributed by atoms with Gasteiger partial charge in [0.15, 0.2) is 6.04 Å². The highest BCUT2D eigenvalue weighted by molar-refractivity contribution is 7.17. The normalized spacial score (nSPS) is 19.0. The number of carbonyl (C=O) groups excluding carboxylic acids is 2. The highest BCUT2D eigenvalue weighted by Crippen LogP contribution is 2.45. The molecule has 35 heavy (non-hydrogen) atoms. The Kier molecular flexibility index (Phi) is 6.04. The van der Waals surface area contributed by atoms with E-state index in [0.717, 1.165) is 34.2 Å². The second-order valence-electron chi connectivity index (χ2n) is 8.49. The average Bonchev–Trinajstić information content (AvgIpc) is 3.52. The van der Waals surface area contributed by atoms with Gasteiger partial charge in [-0.1, -0.05) is 30.3 Å². The van der Waals surface area contributed by atoms with Gasteiger partial charge >= 0.3 is 12.1 Å². The minimum atomic E-state index is -4.55. The first kappa shape index (κ1) is 23.4. The number of carbonyl (C=O) groups is 2. The Morgan fingerprint density at radius 3 is 2.74 bits per heavy atom. The molecule has 0 spiro atoms. The minimum absolute atomic E-state index is 0.00768. The third kappa shape index (κ3) is 4.29. The van der Waals surface area contributed by atoms with Crippen LogP contribution < -0.4 is 10.6 Å². The van der Waals surface area contributed by atoms with Gasteiger partial charge in [-0.3, -0.25) is 4.79 Å². The van der Waals surface area contributed by atoms with Crippen LogP contribution in [0.2, 0.25) is 0 Å². The van der Waals surface area contributed by atoms with Crippen LogP contribution in [0.1, 0.15) is 68.6 Å². The molecule has 2 atom stereocenters. The quantitative estimate of drug-likeness (QED) is 0.447. The first-order valence-corrected chi connectivity index (χ1v) is 12.2. The third-order valence-electron chi connectivity index (χ3n) is 6.31. The molecule has 184 valence electrons. The summed E-state index contributed by atoms with van der Waals surface area (Å²) < 4.78 is 47.8. The first-order valence-electron chi connectivity index (χ1n) is 11.4. The van der Waals surface area contributed by atoms with E-state index in [1.54, 1.807) is 37.3 Å². The molecule has 1 amide bonds. The van der Waals surface area contributed by atoms with Gasteiger partial charge in [0.25, 0.3) is 5.91 Å². The maximum absolute atomic E-state index is 13.9. The molecule has 1 aromatic carbocycles. The van der Waals surface area contributed by atoms with E-state index in [-0.39, 0.29) is 24.4 Å². The van der Waals surface area contributed by atoms with Crippen LogP contribution in [-0.4, -0.2) is 34.4 Å². The van der Waals surface area contributed by atoms with Gasteiger partial charge in [-0.05, 0) is 37.3 Å². The number of alkyl halides is 3. The van der Waals surface area contributed by atoms with Crippen molar-refractivity contribution in [1.29, 1.82) is 0 Å². The molecular formula is C24H23F3N4O3S. The number of amides is 1. The summed E-state index contributed by atoms with van der Waals surface area (Å²) in [7, 11) is 0. The molecule has 2 aliphatic rings. The molecule has 0 fully saturated rings. The fraction of sp³-hybridized carbons (Fsp3) is 0.375. The summed E-state index contributed by atoms with van der Waals surface area (Å²) in [6.07, 6.45) is -1.23. The molecule has 2 N–H and O–H groups in total. The van der Waals surface area contributed by atoms with Crippen LogP contribution in [0.4, 0.5) is 24.0 Å².